The Kier molecular flexibility index (Phi) is 4.30. The van der Waals surface area contributed by atoms with Gasteiger partial charge in [0.15, 0.2) is 0 Å². The van der Waals surface area contributed by atoms with Crippen molar-refractivity contribution < 1.29 is 15.4 Å². The van der Waals surface area contributed by atoms with Crippen LogP contribution in [0.1, 0.15) is 11.0 Å². The molecule has 8 aromatic carbocycles. The standard InChI is InChI=1S/C44H28O/c1-2-11-29(12-3-1)30-21-23-31(24-22-30)32-25-27-33(28-26-32)42-34-13-4-6-15-36(34)43(37-16-7-5-14-35(37)42)39-18-10-20-41-44(39)38-17-8-9-19-40(38)45-41/h1-28H/i4D,5D,6D,7D,13D,14D,15D,16D. The molecule has 0 aliphatic carbocycles. The molecule has 9 rings (SSSR count). The highest BCUT2D eigenvalue weighted by atomic mass is 16.3. The van der Waals surface area contributed by atoms with Crippen molar-refractivity contribution in [2.75, 3.05) is 0 Å². The molecule has 0 N–H and O–H groups in total. The monoisotopic (exact) mass is 580 g/mol. The first-order chi connectivity index (χ1) is 25.7. The first-order valence-electron chi connectivity index (χ1n) is 18.8. The van der Waals surface area contributed by atoms with Crippen molar-refractivity contribution in [3.8, 4) is 44.5 Å². The molecule has 0 bridgehead atoms. The molecule has 210 valence electrons. The molecular formula is C44H28O. The molecular weight excluding hydrogens is 544 g/mol. The Hall–Kier alpha value is -5.92. The van der Waals surface area contributed by atoms with Crippen LogP contribution in [0, 0.1) is 0 Å². The first kappa shape index (κ1) is 18.7. The quantitative estimate of drug-likeness (QED) is 0.189. The van der Waals surface area contributed by atoms with Crippen LogP contribution in [-0.2, 0) is 0 Å². The van der Waals surface area contributed by atoms with Gasteiger partial charge >= 0.3 is 0 Å². The van der Waals surface area contributed by atoms with Gasteiger partial charge in [0, 0.05) is 10.8 Å². The second-order valence-electron chi connectivity index (χ2n) is 11.0. The zero-order chi connectivity index (χ0) is 36.7. The van der Waals surface area contributed by atoms with Gasteiger partial charge in [0.05, 0.1) is 11.0 Å². The third-order valence-corrected chi connectivity index (χ3v) is 8.55. The van der Waals surface area contributed by atoms with E-state index in [0.29, 0.717) is 38.8 Å². The first-order valence-corrected chi connectivity index (χ1v) is 14.8. The maximum Gasteiger partial charge on any atom is 0.136 e. The van der Waals surface area contributed by atoms with E-state index in [9.17, 15) is 5.48 Å². The van der Waals surface area contributed by atoms with Crippen molar-refractivity contribution in [1.29, 1.82) is 0 Å². The minimum atomic E-state index is -0.437. The van der Waals surface area contributed by atoms with Crippen LogP contribution in [0.2, 0.25) is 0 Å². The summed E-state index contributed by atoms with van der Waals surface area (Å²) >= 11 is 0. The summed E-state index contributed by atoms with van der Waals surface area (Å²) in [4.78, 5) is 0. The number of benzene rings is 8. The highest BCUT2D eigenvalue weighted by molar-refractivity contribution is 6.25. The topological polar surface area (TPSA) is 13.1 Å². The predicted molar refractivity (Wildman–Crippen MR) is 190 cm³/mol. The van der Waals surface area contributed by atoms with Crippen LogP contribution in [0.3, 0.4) is 0 Å². The van der Waals surface area contributed by atoms with Crippen LogP contribution in [0.5, 0.6) is 0 Å². The van der Waals surface area contributed by atoms with Gasteiger partial charge in [-0.3, -0.25) is 0 Å². The molecule has 1 heteroatoms. The summed E-state index contributed by atoms with van der Waals surface area (Å²) in [5.41, 5.74) is 6.97. The number of hydrogen-bond acceptors (Lipinski definition) is 1. The van der Waals surface area contributed by atoms with Gasteiger partial charge in [-0.2, -0.15) is 0 Å². The fourth-order valence-electron chi connectivity index (χ4n) is 6.48. The van der Waals surface area contributed by atoms with Crippen LogP contribution in [0.25, 0.3) is 88.0 Å². The lowest BCUT2D eigenvalue weighted by atomic mass is 9.84. The van der Waals surface area contributed by atoms with Crippen LogP contribution >= 0.6 is 0 Å². The lowest BCUT2D eigenvalue weighted by molar-refractivity contribution is 0.669. The molecule has 45 heavy (non-hydrogen) atoms. The lowest BCUT2D eigenvalue weighted by Gasteiger charge is -2.18. The van der Waals surface area contributed by atoms with E-state index in [1.54, 1.807) is 6.07 Å². The van der Waals surface area contributed by atoms with Crippen molar-refractivity contribution in [2.45, 2.75) is 0 Å². The SMILES string of the molecule is [2H]c1c([2H])c([2H])c2c(-c3cccc4oc5ccccc5c34)c3c([2H])c([2H])c([2H])c([2H])c3c(-c3ccc(-c4ccc(-c5ccccc5)cc4)cc3)c2c1[2H]. The third-order valence-electron chi connectivity index (χ3n) is 8.55. The van der Waals surface area contributed by atoms with E-state index >= 15 is 0 Å². The summed E-state index contributed by atoms with van der Waals surface area (Å²) < 4.78 is 78.5. The highest BCUT2D eigenvalue weighted by Gasteiger charge is 2.20. The Morgan fingerprint density at radius 3 is 1.42 bits per heavy atom. The molecule has 0 spiro atoms. The predicted octanol–water partition coefficient (Wildman–Crippen LogP) is 12.6. The summed E-state index contributed by atoms with van der Waals surface area (Å²) in [5, 5.41) is 2.14. The van der Waals surface area contributed by atoms with Crippen LogP contribution < -0.4 is 0 Å². The molecule has 0 aliphatic rings. The van der Waals surface area contributed by atoms with Gasteiger partial charge in [-0.15, -0.1) is 0 Å². The lowest BCUT2D eigenvalue weighted by Crippen LogP contribution is -1.91. The molecule has 9 aromatic rings. The molecule has 0 fully saturated rings. The molecule has 1 heterocycles. The molecule has 0 saturated heterocycles. The van der Waals surface area contributed by atoms with Crippen LogP contribution in [0.4, 0.5) is 0 Å². The molecule has 1 nitrogen and oxygen atoms in total. The molecule has 0 atom stereocenters. The van der Waals surface area contributed by atoms with Crippen molar-refractivity contribution in [3.05, 3.63) is 170 Å². The number of furan rings is 1. The van der Waals surface area contributed by atoms with Crippen LogP contribution in [0.15, 0.2) is 174 Å². The summed E-state index contributed by atoms with van der Waals surface area (Å²) in [6.45, 7) is 0. The van der Waals surface area contributed by atoms with E-state index in [1.165, 1.54) is 0 Å². The molecule has 0 amide bonds. The van der Waals surface area contributed by atoms with Gasteiger partial charge in [0.1, 0.15) is 11.2 Å². The summed E-state index contributed by atoms with van der Waals surface area (Å²) in [5.74, 6) is 0. The molecule has 0 saturated carbocycles. The number of fused-ring (bicyclic) bond motifs is 5. The Morgan fingerprint density at radius 2 is 0.822 bits per heavy atom. The van der Waals surface area contributed by atoms with E-state index in [-0.39, 0.29) is 45.7 Å². The van der Waals surface area contributed by atoms with E-state index in [0.717, 1.165) is 27.6 Å². The maximum atomic E-state index is 9.32. The van der Waals surface area contributed by atoms with E-state index in [4.69, 9.17) is 9.90 Å². The van der Waals surface area contributed by atoms with Gasteiger partial charge in [0.2, 0.25) is 0 Å². The fraction of sp³-hybridized carbons (Fsp3) is 0. The zero-order valence-electron chi connectivity index (χ0n) is 32.0. The van der Waals surface area contributed by atoms with Crippen molar-refractivity contribution >= 4 is 43.5 Å². The van der Waals surface area contributed by atoms with Gasteiger partial charge in [0.25, 0.3) is 0 Å². The molecule has 0 radical (unpaired) electrons. The Labute approximate surface area is 272 Å². The molecule has 0 unspecified atom stereocenters. The summed E-state index contributed by atoms with van der Waals surface area (Å²) in [6, 6.07) is 35.9. The van der Waals surface area contributed by atoms with E-state index in [1.807, 2.05) is 91.0 Å². The Bertz CT molecular complexity index is 2870. The molecule has 0 aliphatic heterocycles. The van der Waals surface area contributed by atoms with E-state index in [2.05, 4.69) is 24.3 Å². The van der Waals surface area contributed by atoms with Crippen molar-refractivity contribution in [1.82, 2.24) is 0 Å². The largest absolute Gasteiger partial charge is 0.456 e. The normalized spacial score (nSPS) is 14.0. The van der Waals surface area contributed by atoms with Crippen LogP contribution in [-0.4, -0.2) is 0 Å². The minimum Gasteiger partial charge on any atom is -0.456 e. The average Bonchev–Trinajstić information content (AvgIpc) is 3.59. The second-order valence-corrected chi connectivity index (χ2v) is 11.0. The second kappa shape index (κ2) is 10.4. The van der Waals surface area contributed by atoms with Gasteiger partial charge in [-0.1, -0.05) is 158 Å². The van der Waals surface area contributed by atoms with Crippen molar-refractivity contribution in [3.63, 3.8) is 0 Å². The minimum absolute atomic E-state index is 0.168. The Morgan fingerprint density at radius 1 is 0.356 bits per heavy atom. The van der Waals surface area contributed by atoms with E-state index < -0.39 is 24.2 Å². The number of para-hydroxylation sites is 1. The average molecular weight is 581 g/mol. The molecule has 1 aromatic heterocycles. The van der Waals surface area contributed by atoms with Gasteiger partial charge < -0.3 is 4.42 Å². The summed E-state index contributed by atoms with van der Waals surface area (Å²) in [7, 11) is 0. The van der Waals surface area contributed by atoms with Crippen molar-refractivity contribution in [2.24, 2.45) is 0 Å². The highest BCUT2D eigenvalue weighted by Crippen LogP contribution is 2.46. The zero-order valence-corrected chi connectivity index (χ0v) is 24.0. The summed E-state index contributed by atoms with van der Waals surface area (Å²) in [6.07, 6.45) is 0. The fourth-order valence-corrected chi connectivity index (χ4v) is 6.48. The van der Waals surface area contributed by atoms with Gasteiger partial charge in [-0.25, -0.2) is 0 Å². The smallest absolute Gasteiger partial charge is 0.136 e. The maximum absolute atomic E-state index is 9.32. The number of rotatable bonds is 4. The van der Waals surface area contributed by atoms with Gasteiger partial charge in [-0.05, 0) is 78.2 Å². The Balaban J connectivity index is 1.38. The number of hydrogen-bond donors (Lipinski definition) is 0. The third kappa shape index (κ3) is 4.17.